The van der Waals surface area contributed by atoms with Crippen molar-refractivity contribution in [2.45, 2.75) is 64.6 Å². The van der Waals surface area contributed by atoms with E-state index in [0.29, 0.717) is 19.1 Å². The Morgan fingerprint density at radius 3 is 2.50 bits per heavy atom. The van der Waals surface area contributed by atoms with Crippen LogP contribution in [0.5, 0.6) is 0 Å². The topological polar surface area (TPSA) is 47.6 Å². The van der Waals surface area contributed by atoms with Crippen molar-refractivity contribution in [3.63, 3.8) is 0 Å². The van der Waals surface area contributed by atoms with Crippen molar-refractivity contribution in [3.8, 4) is 0 Å². The summed E-state index contributed by atoms with van der Waals surface area (Å²) in [6.07, 6.45) is 4.73. The fourth-order valence-electron chi connectivity index (χ4n) is 3.28. The zero-order valence-electron chi connectivity index (χ0n) is 15.2. The van der Waals surface area contributed by atoms with Crippen molar-refractivity contribution in [1.82, 2.24) is 5.32 Å². The molecule has 1 saturated carbocycles. The predicted octanol–water partition coefficient (Wildman–Crippen LogP) is 3.69. The summed E-state index contributed by atoms with van der Waals surface area (Å²) in [5.41, 5.74) is 0.258. The molecule has 24 heavy (non-hydrogen) atoms. The van der Waals surface area contributed by atoms with Gasteiger partial charge in [-0.05, 0) is 38.7 Å². The highest BCUT2D eigenvalue weighted by Gasteiger charge is 2.44. The number of hydrogen-bond acceptors (Lipinski definition) is 4. The van der Waals surface area contributed by atoms with Gasteiger partial charge in [-0.25, -0.2) is 4.79 Å². The maximum atomic E-state index is 12.6. The molecule has 0 heterocycles. The van der Waals surface area contributed by atoms with Gasteiger partial charge in [0.15, 0.2) is 5.60 Å². The quantitative estimate of drug-likeness (QED) is 0.663. The monoisotopic (exact) mass is 333 g/mol. The van der Waals surface area contributed by atoms with Gasteiger partial charge in [-0.15, -0.1) is 0 Å². The van der Waals surface area contributed by atoms with Crippen molar-refractivity contribution < 1.29 is 14.3 Å². The number of carbonyl (C=O) groups excluding carboxylic acids is 1. The minimum absolute atomic E-state index is 0.0537. The fraction of sp³-hybridized carbons (Fsp3) is 0.650. The van der Waals surface area contributed by atoms with E-state index in [0.717, 1.165) is 13.0 Å². The molecule has 134 valence electrons. The van der Waals surface area contributed by atoms with Crippen LogP contribution in [0.4, 0.5) is 0 Å². The second kappa shape index (κ2) is 9.19. The second-order valence-corrected chi connectivity index (χ2v) is 6.71. The Hall–Kier alpha value is -1.39. The standard InChI is InChI=1S/C20H31NO3/c1-4-23-19(22)20(3,24-5-2)18(14-16-12-9-13-16)21-15-17-10-7-6-8-11-17/h6-8,10-11,16,18,21H,4-5,9,12-15H2,1-3H3. The summed E-state index contributed by atoms with van der Waals surface area (Å²) in [4.78, 5) is 12.6. The summed E-state index contributed by atoms with van der Waals surface area (Å²) in [7, 11) is 0. The van der Waals surface area contributed by atoms with Crippen LogP contribution in [0, 0.1) is 5.92 Å². The van der Waals surface area contributed by atoms with Gasteiger partial charge in [-0.2, -0.15) is 0 Å². The molecule has 1 fully saturated rings. The van der Waals surface area contributed by atoms with Gasteiger partial charge in [-0.3, -0.25) is 0 Å². The predicted molar refractivity (Wildman–Crippen MR) is 95.7 cm³/mol. The zero-order valence-corrected chi connectivity index (χ0v) is 15.2. The minimum atomic E-state index is -0.949. The number of carbonyl (C=O) groups is 1. The Morgan fingerprint density at radius 2 is 1.96 bits per heavy atom. The van der Waals surface area contributed by atoms with Gasteiger partial charge in [0.05, 0.1) is 6.61 Å². The third kappa shape index (κ3) is 4.81. The summed E-state index contributed by atoms with van der Waals surface area (Å²) in [5.74, 6) is 0.407. The van der Waals surface area contributed by atoms with Gasteiger partial charge in [0.1, 0.15) is 0 Å². The molecule has 1 aliphatic carbocycles. The molecular weight excluding hydrogens is 302 g/mol. The van der Waals surface area contributed by atoms with Crippen molar-refractivity contribution in [1.29, 1.82) is 0 Å². The van der Waals surface area contributed by atoms with E-state index in [1.807, 2.05) is 39.0 Å². The Bertz CT molecular complexity index is 501. The molecule has 2 unspecified atom stereocenters. The van der Waals surface area contributed by atoms with Crippen molar-refractivity contribution in [2.75, 3.05) is 13.2 Å². The molecule has 1 aliphatic rings. The molecule has 1 aromatic carbocycles. The van der Waals surface area contributed by atoms with Gasteiger partial charge < -0.3 is 14.8 Å². The smallest absolute Gasteiger partial charge is 0.339 e. The third-order valence-electron chi connectivity index (χ3n) is 4.98. The molecule has 0 radical (unpaired) electrons. The highest BCUT2D eigenvalue weighted by Crippen LogP contribution is 2.34. The molecule has 2 rings (SSSR count). The van der Waals surface area contributed by atoms with E-state index in [9.17, 15) is 4.79 Å². The number of nitrogens with one attached hydrogen (secondary N) is 1. The molecule has 4 nitrogen and oxygen atoms in total. The molecule has 1 aromatic rings. The zero-order chi connectivity index (χ0) is 17.4. The lowest BCUT2D eigenvalue weighted by Gasteiger charge is -2.39. The highest BCUT2D eigenvalue weighted by molar-refractivity contribution is 5.80. The molecule has 1 N–H and O–H groups in total. The summed E-state index contributed by atoms with van der Waals surface area (Å²) in [5, 5.41) is 3.57. The lowest BCUT2D eigenvalue weighted by molar-refractivity contribution is -0.174. The van der Waals surface area contributed by atoms with E-state index in [1.165, 1.54) is 24.8 Å². The number of rotatable bonds is 10. The van der Waals surface area contributed by atoms with Crippen LogP contribution in [-0.2, 0) is 20.8 Å². The highest BCUT2D eigenvalue weighted by atomic mass is 16.6. The van der Waals surface area contributed by atoms with Crippen LogP contribution in [0.3, 0.4) is 0 Å². The number of hydrogen-bond donors (Lipinski definition) is 1. The average molecular weight is 333 g/mol. The Labute approximate surface area is 145 Å². The normalized spacial score (nSPS) is 18.5. The number of esters is 1. The van der Waals surface area contributed by atoms with E-state index in [2.05, 4.69) is 17.4 Å². The third-order valence-corrected chi connectivity index (χ3v) is 4.98. The maximum absolute atomic E-state index is 12.6. The van der Waals surface area contributed by atoms with Gasteiger partial charge in [0.2, 0.25) is 0 Å². The van der Waals surface area contributed by atoms with Crippen LogP contribution in [0.2, 0.25) is 0 Å². The lowest BCUT2D eigenvalue weighted by Crippen LogP contribution is -2.57. The molecule has 4 heteroatoms. The summed E-state index contributed by atoms with van der Waals surface area (Å²) in [6, 6.07) is 10.2. The van der Waals surface area contributed by atoms with Crippen molar-refractivity contribution in [3.05, 3.63) is 35.9 Å². The molecule has 0 aromatic heterocycles. The molecule has 0 amide bonds. The van der Waals surface area contributed by atoms with Crippen LogP contribution >= 0.6 is 0 Å². The second-order valence-electron chi connectivity index (χ2n) is 6.71. The fourth-order valence-corrected chi connectivity index (χ4v) is 3.28. The first kappa shape index (κ1) is 18.9. The molecule has 0 spiro atoms. The Kier molecular flexibility index (Phi) is 7.25. The Morgan fingerprint density at radius 1 is 1.25 bits per heavy atom. The van der Waals surface area contributed by atoms with Gasteiger partial charge >= 0.3 is 5.97 Å². The molecular formula is C20H31NO3. The van der Waals surface area contributed by atoms with E-state index < -0.39 is 5.60 Å². The summed E-state index contributed by atoms with van der Waals surface area (Å²) >= 11 is 0. The largest absolute Gasteiger partial charge is 0.464 e. The summed E-state index contributed by atoms with van der Waals surface area (Å²) in [6.45, 7) is 7.22. The van der Waals surface area contributed by atoms with Gasteiger partial charge in [0, 0.05) is 19.2 Å². The number of ether oxygens (including phenoxy) is 2. The first-order valence-corrected chi connectivity index (χ1v) is 9.18. The minimum Gasteiger partial charge on any atom is -0.464 e. The van der Waals surface area contributed by atoms with Gasteiger partial charge in [-0.1, -0.05) is 49.6 Å². The molecule has 0 aliphatic heterocycles. The van der Waals surface area contributed by atoms with Crippen molar-refractivity contribution in [2.24, 2.45) is 5.92 Å². The first-order valence-electron chi connectivity index (χ1n) is 9.18. The number of benzene rings is 1. The van der Waals surface area contributed by atoms with Crippen LogP contribution < -0.4 is 5.32 Å². The SMILES string of the molecule is CCOC(=O)C(C)(OCC)C(CC1CCC1)NCc1ccccc1. The molecule has 2 atom stereocenters. The Balaban J connectivity index is 2.12. The van der Waals surface area contributed by atoms with E-state index in [-0.39, 0.29) is 12.0 Å². The van der Waals surface area contributed by atoms with E-state index in [1.54, 1.807) is 0 Å². The van der Waals surface area contributed by atoms with Crippen LogP contribution in [0.1, 0.15) is 52.0 Å². The van der Waals surface area contributed by atoms with E-state index >= 15 is 0 Å². The first-order chi connectivity index (χ1) is 11.6. The molecule has 0 saturated heterocycles. The summed E-state index contributed by atoms with van der Waals surface area (Å²) < 4.78 is 11.2. The maximum Gasteiger partial charge on any atom is 0.339 e. The average Bonchev–Trinajstić information content (AvgIpc) is 2.54. The van der Waals surface area contributed by atoms with Gasteiger partial charge in [0.25, 0.3) is 0 Å². The molecule has 0 bridgehead atoms. The lowest BCUT2D eigenvalue weighted by atomic mass is 9.77. The van der Waals surface area contributed by atoms with Crippen LogP contribution in [0.15, 0.2) is 30.3 Å². The van der Waals surface area contributed by atoms with E-state index in [4.69, 9.17) is 9.47 Å². The van der Waals surface area contributed by atoms with Crippen LogP contribution in [-0.4, -0.2) is 30.8 Å². The van der Waals surface area contributed by atoms with Crippen molar-refractivity contribution >= 4 is 5.97 Å². The van der Waals surface area contributed by atoms with Crippen LogP contribution in [0.25, 0.3) is 0 Å².